The lowest BCUT2D eigenvalue weighted by Crippen LogP contribution is -2.61. The Morgan fingerprint density at radius 1 is 0.981 bits per heavy atom. The molecule has 0 radical (unpaired) electrons. The Kier molecular flexibility index (Phi) is 13.3. The van der Waals surface area contributed by atoms with Crippen LogP contribution in [0.4, 0.5) is 0 Å². The van der Waals surface area contributed by atoms with Gasteiger partial charge in [0, 0.05) is 45.1 Å². The van der Waals surface area contributed by atoms with Gasteiger partial charge in [-0.1, -0.05) is 43.3 Å². The van der Waals surface area contributed by atoms with Gasteiger partial charge in [0.15, 0.2) is 0 Å². The van der Waals surface area contributed by atoms with Crippen LogP contribution in [0.1, 0.15) is 50.8 Å². The first kappa shape index (κ1) is 39.8. The summed E-state index contributed by atoms with van der Waals surface area (Å²) in [6.45, 7) is 2.67. The molecule has 290 valence electrons. The molecule has 0 bridgehead atoms. The lowest BCUT2D eigenvalue weighted by Gasteiger charge is -2.35. The molecular formula is C38H49N7O9. The van der Waals surface area contributed by atoms with Crippen molar-refractivity contribution in [1.82, 2.24) is 35.6 Å². The van der Waals surface area contributed by atoms with Gasteiger partial charge in [0.2, 0.25) is 35.4 Å². The molecule has 5 rings (SSSR count). The number of carbonyl (C=O) groups excluding carboxylic acids is 7. The number of rotatable bonds is 9. The minimum atomic E-state index is -1.47. The van der Waals surface area contributed by atoms with Crippen LogP contribution >= 0.6 is 0 Å². The number of hydrogen-bond acceptors (Lipinski definition) is 10. The average molecular weight is 748 g/mol. The van der Waals surface area contributed by atoms with E-state index in [0.717, 1.165) is 5.56 Å². The molecule has 3 saturated heterocycles. The van der Waals surface area contributed by atoms with Crippen molar-refractivity contribution in [3.05, 3.63) is 66.0 Å². The summed E-state index contributed by atoms with van der Waals surface area (Å²) < 4.78 is 5.70. The van der Waals surface area contributed by atoms with Gasteiger partial charge in [0.05, 0.1) is 6.42 Å². The van der Waals surface area contributed by atoms with Crippen LogP contribution in [-0.4, -0.2) is 136 Å². The summed E-state index contributed by atoms with van der Waals surface area (Å²) in [5.74, 6) is -4.56. The summed E-state index contributed by atoms with van der Waals surface area (Å²) in [7, 11) is 1.40. The second kappa shape index (κ2) is 18.1. The van der Waals surface area contributed by atoms with Crippen molar-refractivity contribution in [3.8, 4) is 0 Å². The van der Waals surface area contributed by atoms with Crippen LogP contribution in [0.3, 0.4) is 0 Å². The minimum absolute atomic E-state index is 0.0699. The van der Waals surface area contributed by atoms with Crippen molar-refractivity contribution in [3.63, 3.8) is 0 Å². The fraction of sp³-hybridized carbons (Fsp3) is 0.526. The lowest BCUT2D eigenvalue weighted by molar-refractivity contribution is -0.158. The van der Waals surface area contributed by atoms with Crippen LogP contribution < -0.4 is 16.0 Å². The third-order valence-electron chi connectivity index (χ3n) is 10.1. The second-order valence-corrected chi connectivity index (χ2v) is 14.2. The van der Waals surface area contributed by atoms with E-state index in [-0.39, 0.29) is 51.1 Å². The summed E-state index contributed by atoms with van der Waals surface area (Å²) in [5.41, 5.74) is 1.22. The molecule has 6 amide bonds. The minimum Gasteiger partial charge on any atom is -0.461 e. The number of amides is 6. The number of pyridine rings is 1. The first-order valence-electron chi connectivity index (χ1n) is 18.4. The molecule has 0 spiro atoms. The normalized spacial score (nSPS) is 26.1. The number of fused-ring (bicyclic) bond motifs is 2. The summed E-state index contributed by atoms with van der Waals surface area (Å²) in [6.07, 6.45) is 2.36. The lowest BCUT2D eigenvalue weighted by atomic mass is 10.0. The Hall–Kier alpha value is -5.38. The number of aliphatic hydroxyl groups is 1. The SMILES string of the molecule is C[C@@H]1C[C@H]2C(=O)OC[C@H](NC(=O)[C@H](Cc3ccccc3)NC(=O)Cc3ccccn3)C(=O)N3CCC[C@H]3C(=O)N(C)[C@@H](CCO)C(=O)N[C@@H](C)C(=O)N2C1. The van der Waals surface area contributed by atoms with Gasteiger partial charge in [-0.3, -0.25) is 33.8 Å². The molecule has 16 nitrogen and oxygen atoms in total. The molecule has 1 aromatic carbocycles. The highest BCUT2D eigenvalue weighted by Gasteiger charge is 2.45. The molecule has 54 heavy (non-hydrogen) atoms. The third-order valence-corrected chi connectivity index (χ3v) is 10.1. The number of nitrogens with one attached hydrogen (secondary N) is 3. The predicted molar refractivity (Wildman–Crippen MR) is 193 cm³/mol. The molecule has 0 saturated carbocycles. The van der Waals surface area contributed by atoms with Crippen molar-refractivity contribution in [2.45, 2.75) is 88.6 Å². The molecule has 4 N–H and O–H groups in total. The van der Waals surface area contributed by atoms with E-state index in [4.69, 9.17) is 4.74 Å². The number of aromatic nitrogens is 1. The number of hydrogen-bond donors (Lipinski definition) is 4. The fourth-order valence-corrected chi connectivity index (χ4v) is 7.31. The molecule has 1 aromatic heterocycles. The maximum absolute atomic E-state index is 14.4. The third kappa shape index (κ3) is 9.58. The van der Waals surface area contributed by atoms with Crippen LogP contribution in [-0.2, 0) is 51.1 Å². The van der Waals surface area contributed by atoms with Crippen molar-refractivity contribution in [1.29, 1.82) is 0 Å². The maximum Gasteiger partial charge on any atom is 0.328 e. The zero-order valence-electron chi connectivity index (χ0n) is 30.8. The van der Waals surface area contributed by atoms with Gasteiger partial charge in [-0.2, -0.15) is 0 Å². The fourth-order valence-electron chi connectivity index (χ4n) is 7.31. The van der Waals surface area contributed by atoms with Gasteiger partial charge >= 0.3 is 5.97 Å². The van der Waals surface area contributed by atoms with Crippen molar-refractivity contribution in [2.75, 3.05) is 33.4 Å². The Morgan fingerprint density at radius 3 is 2.43 bits per heavy atom. The molecular weight excluding hydrogens is 698 g/mol. The number of nitrogens with zero attached hydrogens (tertiary/aromatic N) is 4. The molecule has 4 heterocycles. The molecule has 0 unspecified atom stereocenters. The molecule has 0 aliphatic carbocycles. The van der Waals surface area contributed by atoms with Crippen LogP contribution in [0.25, 0.3) is 0 Å². The number of carbonyl (C=O) groups is 7. The standard InChI is InChI=1S/C38H49N7O9/c1-23-18-31-38(53)54-22-28(42-33(48)27(19-25-10-5-4-6-11-25)41-32(47)20-26-12-7-8-15-39-26)36(51)44-16-9-13-30(44)37(52)43(3)29(14-17-46)34(49)40-24(2)35(50)45(31)21-23/h4-8,10-12,15,23-24,27-31,46H,9,13-14,16-22H2,1-3H3,(H,40,49)(H,41,47)(H,42,48)/t23-,24+,27+,28+,29+,30+,31+/m1/s1. The summed E-state index contributed by atoms with van der Waals surface area (Å²) in [6, 6.07) is 7.23. The van der Waals surface area contributed by atoms with E-state index in [2.05, 4.69) is 20.9 Å². The van der Waals surface area contributed by atoms with Crippen molar-refractivity contribution >= 4 is 41.4 Å². The highest BCUT2D eigenvalue weighted by atomic mass is 16.5. The van der Waals surface area contributed by atoms with E-state index >= 15 is 0 Å². The molecule has 2 aromatic rings. The van der Waals surface area contributed by atoms with E-state index < -0.39 is 90.9 Å². The van der Waals surface area contributed by atoms with Crippen LogP contribution in [0, 0.1) is 5.92 Å². The van der Waals surface area contributed by atoms with Gasteiger partial charge < -0.3 is 40.5 Å². The van der Waals surface area contributed by atoms with Crippen molar-refractivity contribution in [2.24, 2.45) is 5.92 Å². The van der Waals surface area contributed by atoms with Crippen LogP contribution in [0.15, 0.2) is 54.7 Å². The van der Waals surface area contributed by atoms with Gasteiger partial charge in [0.25, 0.3) is 0 Å². The number of likely N-dealkylation sites (N-methyl/N-ethyl adjacent to an activating group) is 1. The Labute approximate surface area is 314 Å². The molecule has 3 fully saturated rings. The smallest absolute Gasteiger partial charge is 0.328 e. The highest BCUT2D eigenvalue weighted by molar-refractivity contribution is 5.97. The Morgan fingerprint density at radius 2 is 1.72 bits per heavy atom. The highest BCUT2D eigenvalue weighted by Crippen LogP contribution is 2.26. The van der Waals surface area contributed by atoms with E-state index in [9.17, 15) is 38.7 Å². The molecule has 3 aliphatic heterocycles. The second-order valence-electron chi connectivity index (χ2n) is 14.2. The zero-order valence-corrected chi connectivity index (χ0v) is 30.8. The Bertz CT molecular complexity index is 1690. The van der Waals surface area contributed by atoms with Gasteiger partial charge in [-0.25, -0.2) is 4.79 Å². The molecule has 16 heteroatoms. The Balaban J connectivity index is 1.46. The number of aliphatic hydroxyl groups excluding tert-OH is 1. The topological polar surface area (TPSA) is 208 Å². The first-order chi connectivity index (χ1) is 25.9. The molecule has 7 atom stereocenters. The average Bonchev–Trinajstić information content (AvgIpc) is 3.81. The van der Waals surface area contributed by atoms with Crippen LogP contribution in [0.5, 0.6) is 0 Å². The monoisotopic (exact) mass is 747 g/mol. The zero-order chi connectivity index (χ0) is 38.9. The number of cyclic esters (lactones) is 1. The molecule has 3 aliphatic rings. The number of esters is 1. The maximum atomic E-state index is 14.4. The van der Waals surface area contributed by atoms with Crippen LogP contribution in [0.2, 0.25) is 0 Å². The van der Waals surface area contributed by atoms with Crippen molar-refractivity contribution < 1.29 is 43.4 Å². The predicted octanol–water partition coefficient (Wildman–Crippen LogP) is -0.665. The van der Waals surface area contributed by atoms with Gasteiger partial charge in [-0.15, -0.1) is 0 Å². The van der Waals surface area contributed by atoms with E-state index in [1.807, 2.05) is 13.0 Å². The van der Waals surface area contributed by atoms with E-state index in [1.165, 1.54) is 28.7 Å². The number of benzene rings is 1. The summed E-state index contributed by atoms with van der Waals surface area (Å²) in [5, 5.41) is 17.9. The van der Waals surface area contributed by atoms with Gasteiger partial charge in [0.1, 0.15) is 42.9 Å². The quantitative estimate of drug-likeness (QED) is 0.238. The van der Waals surface area contributed by atoms with E-state index in [1.54, 1.807) is 48.7 Å². The first-order valence-corrected chi connectivity index (χ1v) is 18.4. The van der Waals surface area contributed by atoms with E-state index in [0.29, 0.717) is 12.1 Å². The summed E-state index contributed by atoms with van der Waals surface area (Å²) >= 11 is 0. The largest absolute Gasteiger partial charge is 0.461 e. The summed E-state index contributed by atoms with van der Waals surface area (Å²) in [4.78, 5) is 104. The van der Waals surface area contributed by atoms with Gasteiger partial charge in [-0.05, 0) is 56.2 Å². The number of ether oxygens (including phenoxy) is 1.